The molecule has 29 heavy (non-hydrogen) atoms. The molecular weight excluding hydrogens is 418 g/mol. The number of esters is 1. The highest BCUT2D eigenvalue weighted by atomic mass is 35.5. The van der Waals surface area contributed by atoms with Crippen LogP contribution in [0, 0.1) is 0 Å². The number of nitrogens with one attached hydrogen (secondary N) is 1. The second-order valence-corrected chi connectivity index (χ2v) is 8.56. The first kappa shape index (κ1) is 22.6. The third-order valence-electron chi connectivity index (χ3n) is 3.87. The predicted molar refractivity (Wildman–Crippen MR) is 110 cm³/mol. The lowest BCUT2D eigenvalue weighted by Gasteiger charge is -2.13. The Kier molecular flexibility index (Phi) is 7.53. The van der Waals surface area contributed by atoms with Gasteiger partial charge in [0.1, 0.15) is 0 Å². The molecule has 0 aliphatic carbocycles. The van der Waals surface area contributed by atoms with E-state index in [2.05, 4.69) is 4.72 Å². The highest BCUT2D eigenvalue weighted by Crippen LogP contribution is 2.15. The van der Waals surface area contributed by atoms with Crippen LogP contribution in [0.25, 0.3) is 0 Å². The van der Waals surface area contributed by atoms with E-state index in [0.717, 1.165) is 6.26 Å². The number of carbonyl (C=O) groups is 3. The Hall–Kier alpha value is -2.71. The van der Waals surface area contributed by atoms with E-state index < -0.39 is 27.9 Å². The molecule has 0 fully saturated rings. The van der Waals surface area contributed by atoms with Crippen molar-refractivity contribution in [1.82, 2.24) is 0 Å². The smallest absolute Gasteiger partial charge is 0.306 e. The summed E-state index contributed by atoms with van der Waals surface area (Å²) >= 11 is 5.77. The summed E-state index contributed by atoms with van der Waals surface area (Å²) in [5.41, 5.74) is 1.02. The van der Waals surface area contributed by atoms with Gasteiger partial charge in [-0.25, -0.2) is 8.42 Å². The van der Waals surface area contributed by atoms with E-state index in [1.54, 1.807) is 24.3 Å². The molecule has 2 aromatic rings. The second-order valence-electron chi connectivity index (χ2n) is 6.38. The second kappa shape index (κ2) is 9.67. The molecule has 154 valence electrons. The van der Waals surface area contributed by atoms with Gasteiger partial charge >= 0.3 is 5.97 Å². The third-order valence-corrected chi connectivity index (χ3v) is 4.73. The van der Waals surface area contributed by atoms with E-state index in [1.165, 1.54) is 31.2 Å². The van der Waals surface area contributed by atoms with Crippen molar-refractivity contribution in [3.8, 4) is 0 Å². The fraction of sp³-hybridized carbons (Fsp3) is 0.250. The molecule has 2 rings (SSSR count). The fourth-order valence-corrected chi connectivity index (χ4v) is 3.15. The van der Waals surface area contributed by atoms with E-state index in [1.807, 2.05) is 0 Å². The molecule has 0 heterocycles. The number of sulfonamides is 1. The molecule has 0 radical (unpaired) electrons. The van der Waals surface area contributed by atoms with Crippen molar-refractivity contribution in [3.05, 3.63) is 64.7 Å². The van der Waals surface area contributed by atoms with Crippen molar-refractivity contribution < 1.29 is 27.5 Å². The first-order chi connectivity index (χ1) is 13.5. The number of ketones is 2. The van der Waals surface area contributed by atoms with Gasteiger partial charge in [-0.1, -0.05) is 11.6 Å². The van der Waals surface area contributed by atoms with E-state index in [0.29, 0.717) is 16.3 Å². The fourth-order valence-electron chi connectivity index (χ4n) is 2.46. The lowest BCUT2D eigenvalue weighted by atomic mass is 10.1. The lowest BCUT2D eigenvalue weighted by Crippen LogP contribution is -2.24. The van der Waals surface area contributed by atoms with Crippen LogP contribution in [0.2, 0.25) is 5.02 Å². The van der Waals surface area contributed by atoms with Crippen LogP contribution in [-0.4, -0.2) is 38.3 Å². The Morgan fingerprint density at radius 2 is 1.52 bits per heavy atom. The lowest BCUT2D eigenvalue weighted by molar-refractivity contribution is -0.146. The van der Waals surface area contributed by atoms with E-state index >= 15 is 0 Å². The molecule has 0 saturated carbocycles. The van der Waals surface area contributed by atoms with Gasteiger partial charge in [0.15, 0.2) is 11.9 Å². The summed E-state index contributed by atoms with van der Waals surface area (Å²) < 4.78 is 29.8. The van der Waals surface area contributed by atoms with Gasteiger partial charge in [0.2, 0.25) is 15.8 Å². The number of ether oxygens (including phenoxy) is 1. The van der Waals surface area contributed by atoms with Gasteiger partial charge in [0.25, 0.3) is 0 Å². The summed E-state index contributed by atoms with van der Waals surface area (Å²) in [6, 6.07) is 12.1. The number of hydrogen-bond acceptors (Lipinski definition) is 6. The average molecular weight is 438 g/mol. The number of carbonyl (C=O) groups excluding carboxylic acids is 3. The molecule has 0 aromatic heterocycles. The first-order valence-electron chi connectivity index (χ1n) is 8.65. The quantitative estimate of drug-likeness (QED) is 0.475. The summed E-state index contributed by atoms with van der Waals surface area (Å²) in [6.45, 7) is 1.43. The van der Waals surface area contributed by atoms with Crippen LogP contribution in [0.1, 0.15) is 40.5 Å². The van der Waals surface area contributed by atoms with Crippen molar-refractivity contribution in [2.75, 3.05) is 11.0 Å². The molecule has 0 bridgehead atoms. The predicted octanol–water partition coefficient (Wildman–Crippen LogP) is 3.49. The molecule has 0 amide bonds. The number of hydrogen-bond donors (Lipinski definition) is 1. The number of rotatable bonds is 9. The van der Waals surface area contributed by atoms with Gasteiger partial charge in [-0.3, -0.25) is 19.1 Å². The van der Waals surface area contributed by atoms with Crippen molar-refractivity contribution in [2.45, 2.75) is 25.9 Å². The maximum atomic E-state index is 12.4. The third kappa shape index (κ3) is 7.32. The highest BCUT2D eigenvalue weighted by molar-refractivity contribution is 7.92. The average Bonchev–Trinajstić information content (AvgIpc) is 2.65. The van der Waals surface area contributed by atoms with E-state index in [-0.39, 0.29) is 24.2 Å². The maximum Gasteiger partial charge on any atom is 0.306 e. The minimum atomic E-state index is -3.42. The van der Waals surface area contributed by atoms with Gasteiger partial charge in [-0.15, -0.1) is 0 Å². The maximum absolute atomic E-state index is 12.4. The minimum absolute atomic E-state index is 0.0484. The summed E-state index contributed by atoms with van der Waals surface area (Å²) in [5.74, 6) is -1.33. The molecule has 0 aliphatic rings. The van der Waals surface area contributed by atoms with Crippen molar-refractivity contribution >= 4 is 44.8 Å². The summed E-state index contributed by atoms with van der Waals surface area (Å²) in [4.78, 5) is 36.4. The van der Waals surface area contributed by atoms with Gasteiger partial charge in [0.05, 0.1) is 12.7 Å². The van der Waals surface area contributed by atoms with Crippen molar-refractivity contribution in [1.29, 1.82) is 0 Å². The van der Waals surface area contributed by atoms with E-state index in [9.17, 15) is 22.8 Å². The Labute approximate surface area is 174 Å². The largest absolute Gasteiger partial charge is 0.454 e. The Morgan fingerprint density at radius 1 is 0.966 bits per heavy atom. The summed E-state index contributed by atoms with van der Waals surface area (Å²) in [5, 5.41) is 0.508. The van der Waals surface area contributed by atoms with Crippen LogP contribution in [0.4, 0.5) is 5.69 Å². The number of halogens is 1. The molecule has 1 unspecified atom stereocenters. The zero-order chi connectivity index (χ0) is 21.6. The zero-order valence-corrected chi connectivity index (χ0v) is 17.4. The number of Topliss-reactive ketones (excluding diaryl/α,β-unsaturated/α-hetero) is 2. The van der Waals surface area contributed by atoms with Crippen molar-refractivity contribution in [2.24, 2.45) is 0 Å². The number of benzene rings is 2. The van der Waals surface area contributed by atoms with Crippen LogP contribution in [0.3, 0.4) is 0 Å². The SMILES string of the molecule is CC(OC(=O)CCC(=O)c1ccc(Cl)cc1)C(=O)c1ccc(NS(C)(=O)=O)cc1. The molecule has 9 heteroatoms. The molecule has 0 aliphatic heterocycles. The minimum Gasteiger partial charge on any atom is -0.454 e. The molecule has 7 nitrogen and oxygen atoms in total. The van der Waals surface area contributed by atoms with Crippen LogP contribution in [0.15, 0.2) is 48.5 Å². The van der Waals surface area contributed by atoms with Crippen molar-refractivity contribution in [3.63, 3.8) is 0 Å². The molecular formula is C20H20ClNO6S. The standard InChI is InChI=1S/C20H20ClNO6S/c1-13(20(25)15-5-9-17(10-6-15)22-29(2,26)27)28-19(24)12-11-18(23)14-3-7-16(21)8-4-14/h3-10,13,22H,11-12H2,1-2H3. The molecule has 0 saturated heterocycles. The summed E-state index contributed by atoms with van der Waals surface area (Å²) in [6.07, 6.45) is -0.226. The first-order valence-corrected chi connectivity index (χ1v) is 10.9. The van der Waals surface area contributed by atoms with Crippen LogP contribution < -0.4 is 4.72 Å². The van der Waals surface area contributed by atoms with Gasteiger partial charge in [0, 0.05) is 28.3 Å². The molecule has 0 spiro atoms. The normalized spacial score (nSPS) is 12.1. The van der Waals surface area contributed by atoms with Crippen LogP contribution >= 0.6 is 11.6 Å². The summed E-state index contributed by atoms with van der Waals surface area (Å²) in [7, 11) is -3.42. The molecule has 1 N–H and O–H groups in total. The van der Waals surface area contributed by atoms with Crippen LogP contribution in [-0.2, 0) is 19.6 Å². The Morgan fingerprint density at radius 3 is 2.07 bits per heavy atom. The monoisotopic (exact) mass is 437 g/mol. The number of anilines is 1. The zero-order valence-electron chi connectivity index (χ0n) is 15.8. The van der Waals surface area contributed by atoms with Gasteiger partial charge < -0.3 is 4.74 Å². The molecule has 2 aromatic carbocycles. The van der Waals surface area contributed by atoms with Gasteiger partial charge in [-0.2, -0.15) is 0 Å². The highest BCUT2D eigenvalue weighted by Gasteiger charge is 2.20. The van der Waals surface area contributed by atoms with Gasteiger partial charge in [-0.05, 0) is 55.5 Å². The topological polar surface area (TPSA) is 107 Å². The van der Waals surface area contributed by atoms with E-state index in [4.69, 9.17) is 16.3 Å². The Balaban J connectivity index is 1.87. The molecule has 1 atom stereocenters. The van der Waals surface area contributed by atoms with Crippen LogP contribution in [0.5, 0.6) is 0 Å². The Bertz CT molecular complexity index is 1000.